The van der Waals surface area contributed by atoms with E-state index in [0.29, 0.717) is 10.3 Å². The minimum Gasteiger partial charge on any atom is -0.481 e. The molecule has 4 rings (SSSR count). The number of terminal acetylenes is 1. The van der Waals surface area contributed by atoms with Crippen molar-refractivity contribution < 1.29 is 4.74 Å². The zero-order valence-electron chi connectivity index (χ0n) is 14.4. The molecule has 26 heavy (non-hydrogen) atoms. The van der Waals surface area contributed by atoms with Crippen LogP contribution in [0.1, 0.15) is 16.7 Å². The third-order valence-corrected chi connectivity index (χ3v) is 5.32. The smallest absolute Gasteiger partial charge is 0.274 e. The number of ether oxygens (including phenoxy) is 1. The molecule has 0 aliphatic rings. The summed E-state index contributed by atoms with van der Waals surface area (Å²) in [5, 5.41) is 0. The van der Waals surface area contributed by atoms with Crippen molar-refractivity contribution in [2.24, 2.45) is 0 Å². The average molecular weight is 360 g/mol. The molecule has 4 aromatic rings. The maximum Gasteiger partial charge on any atom is 0.274 e. The first-order valence-corrected chi connectivity index (χ1v) is 8.99. The summed E-state index contributed by atoms with van der Waals surface area (Å²) in [5.41, 5.74) is 4.94. The van der Waals surface area contributed by atoms with Crippen molar-refractivity contribution in [3.63, 3.8) is 0 Å². The third kappa shape index (κ3) is 2.75. The molecule has 0 aliphatic heterocycles. The molecule has 0 saturated heterocycles. The van der Waals surface area contributed by atoms with Crippen molar-refractivity contribution in [3.8, 4) is 18.1 Å². The highest BCUT2D eigenvalue weighted by molar-refractivity contribution is 7.15. The Morgan fingerprint density at radius 3 is 2.69 bits per heavy atom. The van der Waals surface area contributed by atoms with Gasteiger partial charge in [-0.15, -0.1) is 6.42 Å². The van der Waals surface area contributed by atoms with Crippen LogP contribution < -0.4 is 14.8 Å². The molecule has 0 N–H and O–H groups in total. The molecule has 0 atom stereocenters. The van der Waals surface area contributed by atoms with Crippen LogP contribution in [0.25, 0.3) is 22.1 Å². The fourth-order valence-corrected chi connectivity index (χ4v) is 3.84. The van der Waals surface area contributed by atoms with Gasteiger partial charge in [-0.05, 0) is 60.9 Å². The topological polar surface area (TPSA) is 43.6 Å². The van der Waals surface area contributed by atoms with Crippen molar-refractivity contribution in [2.45, 2.75) is 13.8 Å². The number of hydrogen-bond donors (Lipinski definition) is 0. The summed E-state index contributed by atoms with van der Waals surface area (Å²) in [6.07, 6.45) is 7.06. The van der Waals surface area contributed by atoms with Gasteiger partial charge in [0.2, 0.25) is 0 Å². The molecule has 4 nitrogen and oxygen atoms in total. The summed E-state index contributed by atoms with van der Waals surface area (Å²) in [7, 11) is 0. The maximum atomic E-state index is 12.9. The van der Waals surface area contributed by atoms with Gasteiger partial charge in [0.05, 0.1) is 15.6 Å². The number of hydrogen-bond acceptors (Lipinski definition) is 4. The summed E-state index contributed by atoms with van der Waals surface area (Å²) in [6.45, 7) is 4.33. The number of aryl methyl sites for hydroxylation is 2. The van der Waals surface area contributed by atoms with Crippen LogP contribution in [0, 0.1) is 26.2 Å². The van der Waals surface area contributed by atoms with Crippen LogP contribution in [0.15, 0.2) is 41.2 Å². The third-order valence-electron chi connectivity index (χ3n) is 4.35. The van der Waals surface area contributed by atoms with Crippen LogP contribution in [0.4, 0.5) is 0 Å². The Kier molecular flexibility index (Phi) is 3.98. The van der Waals surface area contributed by atoms with E-state index >= 15 is 0 Å². The Bertz CT molecular complexity index is 1270. The first-order valence-electron chi connectivity index (χ1n) is 8.17. The minimum atomic E-state index is -0.0385. The monoisotopic (exact) mass is 360 g/mol. The molecule has 0 aliphatic carbocycles. The van der Waals surface area contributed by atoms with E-state index in [1.54, 1.807) is 4.40 Å². The van der Waals surface area contributed by atoms with Gasteiger partial charge in [-0.3, -0.25) is 4.79 Å². The number of fused-ring (bicyclic) bond motifs is 3. The SMILES string of the molecule is C#CCOc1ccc(C=c2sc3nc4cc(C)c(C)cc4n3c2=O)cc1. The van der Waals surface area contributed by atoms with Crippen LogP contribution in [0.2, 0.25) is 0 Å². The highest BCUT2D eigenvalue weighted by Crippen LogP contribution is 2.20. The number of benzene rings is 2. The predicted octanol–water partition coefficient (Wildman–Crippen LogP) is 3.09. The first-order chi connectivity index (χ1) is 12.6. The molecule has 5 heteroatoms. The minimum absolute atomic E-state index is 0.0385. The van der Waals surface area contributed by atoms with E-state index in [2.05, 4.69) is 17.8 Å². The molecule has 0 fully saturated rings. The van der Waals surface area contributed by atoms with E-state index in [9.17, 15) is 4.79 Å². The van der Waals surface area contributed by atoms with E-state index in [1.807, 2.05) is 49.4 Å². The van der Waals surface area contributed by atoms with Crippen molar-refractivity contribution in [3.05, 3.63) is 68.0 Å². The lowest BCUT2D eigenvalue weighted by molar-refractivity contribution is 0.370. The number of imidazole rings is 1. The Morgan fingerprint density at radius 2 is 1.96 bits per heavy atom. The second kappa shape index (κ2) is 6.32. The molecule has 128 valence electrons. The van der Waals surface area contributed by atoms with Crippen LogP contribution in [0.5, 0.6) is 5.75 Å². The number of rotatable bonds is 3. The van der Waals surface area contributed by atoms with Crippen molar-refractivity contribution in [1.82, 2.24) is 9.38 Å². The van der Waals surface area contributed by atoms with E-state index in [0.717, 1.165) is 27.1 Å². The highest BCUT2D eigenvalue weighted by atomic mass is 32.1. The van der Waals surface area contributed by atoms with Gasteiger partial charge in [-0.1, -0.05) is 29.4 Å². The largest absolute Gasteiger partial charge is 0.481 e. The van der Waals surface area contributed by atoms with Gasteiger partial charge in [0.1, 0.15) is 12.4 Å². The lowest BCUT2D eigenvalue weighted by atomic mass is 10.1. The fourth-order valence-electron chi connectivity index (χ4n) is 2.86. The second-order valence-corrected chi connectivity index (χ2v) is 7.14. The Hall–Kier alpha value is -3.10. The fraction of sp³-hybridized carbons (Fsp3) is 0.143. The van der Waals surface area contributed by atoms with Gasteiger partial charge in [0, 0.05) is 0 Å². The number of thiazole rings is 1. The van der Waals surface area contributed by atoms with Crippen LogP contribution in [0.3, 0.4) is 0 Å². The quantitative estimate of drug-likeness (QED) is 0.528. The Balaban J connectivity index is 1.81. The Morgan fingerprint density at radius 1 is 1.23 bits per heavy atom. The number of nitrogens with zero attached hydrogens (tertiary/aromatic N) is 2. The van der Waals surface area contributed by atoms with Gasteiger partial charge in [0.15, 0.2) is 4.96 Å². The molecule has 2 aromatic heterocycles. The van der Waals surface area contributed by atoms with Gasteiger partial charge in [-0.2, -0.15) is 0 Å². The normalized spacial score (nSPS) is 12.0. The molecule has 0 bridgehead atoms. The molecular formula is C21H16N2O2S. The summed E-state index contributed by atoms with van der Waals surface area (Å²) in [5.74, 6) is 3.14. The molecule has 0 amide bonds. The zero-order valence-corrected chi connectivity index (χ0v) is 15.3. The predicted molar refractivity (Wildman–Crippen MR) is 106 cm³/mol. The molecule has 0 unspecified atom stereocenters. The lowest BCUT2D eigenvalue weighted by Crippen LogP contribution is -2.22. The molecule has 2 heterocycles. The van der Waals surface area contributed by atoms with E-state index in [4.69, 9.17) is 11.2 Å². The van der Waals surface area contributed by atoms with Gasteiger partial charge >= 0.3 is 0 Å². The van der Waals surface area contributed by atoms with Gasteiger partial charge in [-0.25, -0.2) is 9.38 Å². The highest BCUT2D eigenvalue weighted by Gasteiger charge is 2.12. The zero-order chi connectivity index (χ0) is 18.3. The summed E-state index contributed by atoms with van der Waals surface area (Å²) in [6, 6.07) is 11.5. The van der Waals surface area contributed by atoms with Crippen LogP contribution in [-0.4, -0.2) is 16.0 Å². The second-order valence-electron chi connectivity index (χ2n) is 6.13. The molecule has 0 saturated carbocycles. The lowest BCUT2D eigenvalue weighted by Gasteiger charge is -2.01. The number of aromatic nitrogens is 2. The van der Waals surface area contributed by atoms with E-state index in [1.165, 1.54) is 16.9 Å². The van der Waals surface area contributed by atoms with E-state index < -0.39 is 0 Å². The Labute approximate surface area is 154 Å². The molecule has 2 aromatic carbocycles. The van der Waals surface area contributed by atoms with Crippen molar-refractivity contribution >= 4 is 33.4 Å². The van der Waals surface area contributed by atoms with Crippen molar-refractivity contribution in [2.75, 3.05) is 6.61 Å². The molecule has 0 radical (unpaired) electrons. The summed E-state index contributed by atoms with van der Waals surface area (Å²) in [4.78, 5) is 18.2. The van der Waals surface area contributed by atoms with Crippen LogP contribution in [-0.2, 0) is 0 Å². The summed E-state index contributed by atoms with van der Waals surface area (Å²) >= 11 is 1.40. The summed E-state index contributed by atoms with van der Waals surface area (Å²) < 4.78 is 7.72. The van der Waals surface area contributed by atoms with Gasteiger partial charge in [0.25, 0.3) is 5.56 Å². The van der Waals surface area contributed by atoms with Crippen molar-refractivity contribution in [1.29, 1.82) is 0 Å². The van der Waals surface area contributed by atoms with Gasteiger partial charge < -0.3 is 4.74 Å². The maximum absolute atomic E-state index is 12.9. The molecular weight excluding hydrogens is 344 g/mol. The van der Waals surface area contributed by atoms with Crippen LogP contribution >= 0.6 is 11.3 Å². The van der Waals surface area contributed by atoms with E-state index in [-0.39, 0.29) is 12.2 Å². The standard InChI is InChI=1S/C21H16N2O2S/c1-4-9-25-16-7-5-15(6-8-16)12-19-20(24)23-18-11-14(3)13(2)10-17(18)22-21(23)26-19/h1,5-8,10-12H,9H2,2-3H3. The average Bonchev–Trinajstić information content (AvgIpc) is 3.11. The molecule has 0 spiro atoms. The first kappa shape index (κ1) is 16.4.